The fourth-order valence-corrected chi connectivity index (χ4v) is 4.07. The lowest BCUT2D eigenvalue weighted by atomic mass is 10.2. The number of nitrogens with zero attached hydrogens (tertiary/aromatic N) is 2. The highest BCUT2D eigenvalue weighted by atomic mass is 79.9. The molecule has 28 heavy (non-hydrogen) atoms. The van der Waals surface area contributed by atoms with E-state index >= 15 is 0 Å². The number of nitrogens with one attached hydrogen (secondary N) is 3. The van der Waals surface area contributed by atoms with Gasteiger partial charge in [-0.05, 0) is 42.5 Å². The van der Waals surface area contributed by atoms with Gasteiger partial charge >= 0.3 is 0 Å². The van der Waals surface area contributed by atoms with E-state index in [1.54, 1.807) is 24.3 Å². The van der Waals surface area contributed by atoms with E-state index in [-0.39, 0.29) is 11.7 Å². The van der Waals surface area contributed by atoms with Crippen LogP contribution >= 0.6 is 50.6 Å². The van der Waals surface area contributed by atoms with E-state index in [1.165, 1.54) is 23.1 Å². The predicted octanol–water partition coefficient (Wildman–Crippen LogP) is 4.25. The van der Waals surface area contributed by atoms with Crippen LogP contribution in [0.4, 0.5) is 10.8 Å². The zero-order chi connectivity index (χ0) is 19.9. The third kappa shape index (κ3) is 6.20. The number of anilines is 2. The zero-order valence-electron chi connectivity index (χ0n) is 14.1. The summed E-state index contributed by atoms with van der Waals surface area (Å²) in [5.41, 5.74) is 5.99. The molecule has 1 heterocycles. The minimum Gasteiger partial charge on any atom is -0.330 e. The molecule has 2 aromatic carbocycles. The maximum atomic E-state index is 11.9. The molecule has 0 fully saturated rings. The van der Waals surface area contributed by atoms with Crippen LogP contribution in [0.2, 0.25) is 5.02 Å². The number of hydrazine groups is 1. The third-order valence-corrected chi connectivity index (χ3v) is 5.95. The van der Waals surface area contributed by atoms with Crippen LogP contribution in [0.15, 0.2) is 57.3 Å². The van der Waals surface area contributed by atoms with E-state index in [9.17, 15) is 9.59 Å². The van der Waals surface area contributed by atoms with Crippen LogP contribution in [-0.4, -0.2) is 27.8 Å². The summed E-state index contributed by atoms with van der Waals surface area (Å²) in [6.07, 6.45) is 0. The molecule has 7 nitrogen and oxygen atoms in total. The first-order chi connectivity index (χ1) is 13.5. The molecule has 0 saturated heterocycles. The Morgan fingerprint density at radius 3 is 2.64 bits per heavy atom. The molecule has 3 aromatic rings. The van der Waals surface area contributed by atoms with Crippen LogP contribution in [0.5, 0.6) is 0 Å². The first kappa shape index (κ1) is 20.6. The SMILES string of the molecule is O=C(CSc1nnc(Nc2cccc(Br)c2)s1)NNC(=O)c1ccc(Cl)cc1. The van der Waals surface area contributed by atoms with Gasteiger partial charge in [0.1, 0.15) is 0 Å². The second kappa shape index (κ2) is 9.87. The normalized spacial score (nSPS) is 10.4. The fraction of sp³-hybridized carbons (Fsp3) is 0.0588. The van der Waals surface area contributed by atoms with E-state index in [2.05, 4.69) is 42.3 Å². The Morgan fingerprint density at radius 1 is 1.11 bits per heavy atom. The minimum absolute atomic E-state index is 0.0897. The summed E-state index contributed by atoms with van der Waals surface area (Å²) in [6.45, 7) is 0. The second-order valence-electron chi connectivity index (χ2n) is 5.31. The minimum atomic E-state index is -0.425. The number of amides is 2. The number of thioether (sulfide) groups is 1. The summed E-state index contributed by atoms with van der Waals surface area (Å²) in [5, 5.41) is 12.4. The van der Waals surface area contributed by atoms with Crippen molar-refractivity contribution in [2.24, 2.45) is 0 Å². The summed E-state index contributed by atoms with van der Waals surface area (Å²) in [5.74, 6) is -0.692. The van der Waals surface area contributed by atoms with Crippen LogP contribution in [0.3, 0.4) is 0 Å². The van der Waals surface area contributed by atoms with Gasteiger partial charge in [-0.1, -0.05) is 56.7 Å². The summed E-state index contributed by atoms with van der Waals surface area (Å²) >= 11 is 11.7. The highest BCUT2D eigenvalue weighted by molar-refractivity contribution is 9.10. The maximum absolute atomic E-state index is 11.9. The highest BCUT2D eigenvalue weighted by Gasteiger charge is 2.10. The number of hydrogen-bond acceptors (Lipinski definition) is 7. The molecule has 11 heteroatoms. The van der Waals surface area contributed by atoms with E-state index < -0.39 is 5.91 Å². The van der Waals surface area contributed by atoms with E-state index in [0.29, 0.717) is 20.1 Å². The molecule has 0 radical (unpaired) electrons. The third-order valence-electron chi connectivity index (χ3n) is 3.23. The molecule has 0 bridgehead atoms. The van der Waals surface area contributed by atoms with E-state index in [1.807, 2.05) is 24.3 Å². The van der Waals surface area contributed by atoms with Crippen molar-refractivity contribution in [2.75, 3.05) is 11.1 Å². The number of rotatable bonds is 6. The van der Waals surface area contributed by atoms with Gasteiger partial charge in [0.15, 0.2) is 4.34 Å². The number of hydrogen-bond donors (Lipinski definition) is 3. The van der Waals surface area contributed by atoms with Gasteiger partial charge in [0.2, 0.25) is 11.0 Å². The molecule has 144 valence electrons. The molecular formula is C17H13BrClN5O2S2. The number of halogens is 2. The van der Waals surface area contributed by atoms with Gasteiger partial charge < -0.3 is 5.32 Å². The van der Waals surface area contributed by atoms with Crippen molar-refractivity contribution < 1.29 is 9.59 Å². The monoisotopic (exact) mass is 497 g/mol. The zero-order valence-corrected chi connectivity index (χ0v) is 18.1. The standard InChI is InChI=1S/C17H13BrClN5O2S2/c18-11-2-1-3-13(8-11)20-16-23-24-17(28-16)27-9-14(25)21-22-15(26)10-4-6-12(19)7-5-10/h1-8H,9H2,(H,20,23)(H,21,25)(H,22,26). The molecule has 0 saturated carbocycles. The van der Waals surface area contributed by atoms with Crippen LogP contribution in [0.1, 0.15) is 10.4 Å². The average Bonchev–Trinajstić information content (AvgIpc) is 3.12. The molecule has 0 unspecified atom stereocenters. The Morgan fingerprint density at radius 2 is 1.89 bits per heavy atom. The van der Waals surface area contributed by atoms with Crippen molar-refractivity contribution in [3.05, 3.63) is 63.6 Å². The molecule has 0 aliphatic carbocycles. The van der Waals surface area contributed by atoms with Crippen LogP contribution < -0.4 is 16.2 Å². The van der Waals surface area contributed by atoms with Crippen molar-refractivity contribution >= 4 is 73.3 Å². The number of benzene rings is 2. The molecule has 0 atom stereocenters. The van der Waals surface area contributed by atoms with Gasteiger partial charge in [0.25, 0.3) is 5.91 Å². The van der Waals surface area contributed by atoms with Crippen LogP contribution in [0, 0.1) is 0 Å². The number of aromatic nitrogens is 2. The van der Waals surface area contributed by atoms with Gasteiger partial charge in [-0.15, -0.1) is 10.2 Å². The van der Waals surface area contributed by atoms with Gasteiger partial charge in [-0.2, -0.15) is 0 Å². The van der Waals surface area contributed by atoms with Gasteiger partial charge in [-0.25, -0.2) is 0 Å². The lowest BCUT2D eigenvalue weighted by Gasteiger charge is -2.06. The maximum Gasteiger partial charge on any atom is 0.269 e. The van der Waals surface area contributed by atoms with E-state index in [0.717, 1.165) is 10.2 Å². The Hall–Kier alpha value is -2.14. The van der Waals surface area contributed by atoms with Crippen molar-refractivity contribution in [2.45, 2.75) is 4.34 Å². The summed E-state index contributed by atoms with van der Waals surface area (Å²) in [4.78, 5) is 23.8. The highest BCUT2D eigenvalue weighted by Crippen LogP contribution is 2.28. The fourth-order valence-electron chi connectivity index (χ4n) is 1.97. The van der Waals surface area contributed by atoms with Gasteiger partial charge in [-0.3, -0.25) is 20.4 Å². The van der Waals surface area contributed by atoms with Crippen LogP contribution in [0.25, 0.3) is 0 Å². The Labute approximate surface area is 182 Å². The first-order valence-corrected chi connectivity index (χ1v) is 10.8. The number of carbonyl (C=O) groups excluding carboxylic acids is 2. The van der Waals surface area contributed by atoms with Crippen LogP contribution in [-0.2, 0) is 4.79 Å². The molecule has 3 rings (SSSR count). The quantitative estimate of drug-likeness (QED) is 0.347. The number of carbonyl (C=O) groups is 2. The summed E-state index contributed by atoms with van der Waals surface area (Å²) in [7, 11) is 0. The second-order valence-corrected chi connectivity index (χ2v) is 8.86. The van der Waals surface area contributed by atoms with Crippen molar-refractivity contribution in [1.82, 2.24) is 21.0 Å². The average molecular weight is 499 g/mol. The molecule has 0 aliphatic heterocycles. The van der Waals surface area contributed by atoms with Crippen molar-refractivity contribution in [1.29, 1.82) is 0 Å². The summed E-state index contributed by atoms with van der Waals surface area (Å²) in [6, 6.07) is 14.0. The largest absolute Gasteiger partial charge is 0.330 e. The smallest absolute Gasteiger partial charge is 0.269 e. The molecule has 0 spiro atoms. The molecule has 0 aliphatic rings. The van der Waals surface area contributed by atoms with E-state index in [4.69, 9.17) is 11.6 Å². The topological polar surface area (TPSA) is 96.0 Å². The van der Waals surface area contributed by atoms with Gasteiger partial charge in [0.05, 0.1) is 5.75 Å². The summed E-state index contributed by atoms with van der Waals surface area (Å²) < 4.78 is 1.59. The predicted molar refractivity (Wildman–Crippen MR) is 115 cm³/mol. The molecule has 2 amide bonds. The van der Waals surface area contributed by atoms with Crippen molar-refractivity contribution in [3.8, 4) is 0 Å². The molecule has 1 aromatic heterocycles. The molecule has 3 N–H and O–H groups in total. The van der Waals surface area contributed by atoms with Crippen molar-refractivity contribution in [3.63, 3.8) is 0 Å². The lowest BCUT2D eigenvalue weighted by molar-refractivity contribution is -0.119. The first-order valence-electron chi connectivity index (χ1n) is 7.83. The Balaban J connectivity index is 1.44. The lowest BCUT2D eigenvalue weighted by Crippen LogP contribution is -2.42. The van der Waals surface area contributed by atoms with Gasteiger partial charge in [0, 0.05) is 20.7 Å². The Kier molecular flexibility index (Phi) is 7.26. The molecular weight excluding hydrogens is 486 g/mol. The Bertz CT molecular complexity index is 984.